The Kier molecular flexibility index (Phi) is 6.22. The number of anilines is 1. The van der Waals surface area contributed by atoms with Crippen molar-refractivity contribution in [1.82, 2.24) is 10.3 Å². The van der Waals surface area contributed by atoms with Crippen LogP contribution in [0.15, 0.2) is 48.8 Å². The number of rotatable bonds is 6. The van der Waals surface area contributed by atoms with Crippen LogP contribution in [0, 0.1) is 0 Å². The van der Waals surface area contributed by atoms with Gasteiger partial charge in [0.1, 0.15) is 6.54 Å². The van der Waals surface area contributed by atoms with Gasteiger partial charge in [0.2, 0.25) is 11.8 Å². The van der Waals surface area contributed by atoms with E-state index in [0.717, 1.165) is 5.56 Å². The van der Waals surface area contributed by atoms with Gasteiger partial charge in [-0.1, -0.05) is 6.07 Å². The molecule has 0 atom stereocenters. The molecule has 0 radical (unpaired) electrons. The number of methoxy groups -OCH3 is 1. The van der Waals surface area contributed by atoms with E-state index in [0.29, 0.717) is 17.8 Å². The lowest BCUT2D eigenvalue weighted by Gasteiger charge is -2.21. The average molecular weight is 341 g/mol. The lowest BCUT2D eigenvalue weighted by Crippen LogP contribution is -2.39. The fraction of sp³-hybridized carbons (Fsp3) is 0.222. The maximum atomic E-state index is 12.2. The Morgan fingerprint density at radius 3 is 2.52 bits per heavy atom. The molecule has 1 N–H and O–H groups in total. The Morgan fingerprint density at radius 1 is 1.16 bits per heavy atom. The summed E-state index contributed by atoms with van der Waals surface area (Å²) < 4.78 is 4.67. The fourth-order valence-electron chi connectivity index (χ4n) is 2.20. The minimum Gasteiger partial charge on any atom is -0.465 e. The third kappa shape index (κ3) is 5.13. The van der Waals surface area contributed by atoms with Gasteiger partial charge in [-0.25, -0.2) is 4.79 Å². The molecule has 0 aliphatic heterocycles. The molecule has 1 heterocycles. The van der Waals surface area contributed by atoms with Gasteiger partial charge in [-0.05, 0) is 35.9 Å². The number of ether oxygens (including phenoxy) is 1. The van der Waals surface area contributed by atoms with Crippen LogP contribution >= 0.6 is 0 Å². The molecule has 2 amide bonds. The van der Waals surface area contributed by atoms with Gasteiger partial charge >= 0.3 is 5.97 Å². The van der Waals surface area contributed by atoms with E-state index in [2.05, 4.69) is 15.0 Å². The van der Waals surface area contributed by atoms with Gasteiger partial charge < -0.3 is 15.0 Å². The molecule has 7 heteroatoms. The van der Waals surface area contributed by atoms with Gasteiger partial charge in [0.05, 0.1) is 12.7 Å². The van der Waals surface area contributed by atoms with Crippen molar-refractivity contribution in [3.63, 3.8) is 0 Å². The molecule has 0 aliphatic rings. The highest BCUT2D eigenvalue weighted by Gasteiger charge is 2.17. The summed E-state index contributed by atoms with van der Waals surface area (Å²) in [6, 6.07) is 9.97. The Labute approximate surface area is 145 Å². The molecule has 0 unspecified atom stereocenters. The number of aromatic nitrogens is 1. The van der Waals surface area contributed by atoms with Gasteiger partial charge in [0.25, 0.3) is 0 Å². The lowest BCUT2D eigenvalue weighted by molar-refractivity contribution is -0.123. The number of hydrogen-bond acceptors (Lipinski definition) is 5. The monoisotopic (exact) mass is 341 g/mol. The Morgan fingerprint density at radius 2 is 1.88 bits per heavy atom. The van der Waals surface area contributed by atoms with Crippen LogP contribution in [0.1, 0.15) is 22.8 Å². The standard InChI is InChI=1S/C18H19N3O4/c1-13(22)21(16-5-3-4-15(10-16)18(24)25-2)12-17(23)20-11-14-6-8-19-9-7-14/h3-10H,11-12H2,1-2H3,(H,20,23). The molecule has 0 aliphatic carbocycles. The molecule has 1 aromatic heterocycles. The normalized spacial score (nSPS) is 10.0. The van der Waals surface area contributed by atoms with E-state index < -0.39 is 5.97 Å². The highest BCUT2D eigenvalue weighted by atomic mass is 16.5. The molecule has 0 saturated heterocycles. The number of nitrogens with one attached hydrogen (secondary N) is 1. The van der Waals surface area contributed by atoms with E-state index in [9.17, 15) is 14.4 Å². The second-order valence-corrected chi connectivity index (χ2v) is 5.28. The number of hydrogen-bond donors (Lipinski definition) is 1. The van der Waals surface area contributed by atoms with Crippen molar-refractivity contribution in [3.8, 4) is 0 Å². The molecule has 2 aromatic rings. The average Bonchev–Trinajstić information content (AvgIpc) is 2.64. The van der Waals surface area contributed by atoms with Gasteiger partial charge in [-0.3, -0.25) is 14.6 Å². The third-order valence-electron chi connectivity index (χ3n) is 3.50. The summed E-state index contributed by atoms with van der Waals surface area (Å²) in [5.41, 5.74) is 1.67. The first-order valence-electron chi connectivity index (χ1n) is 7.63. The Balaban J connectivity index is 2.06. The summed E-state index contributed by atoms with van der Waals surface area (Å²) in [5, 5.41) is 2.75. The largest absolute Gasteiger partial charge is 0.465 e. The molecule has 25 heavy (non-hydrogen) atoms. The molecule has 0 spiro atoms. The van der Waals surface area contributed by atoms with Crippen LogP contribution in [0.2, 0.25) is 0 Å². The summed E-state index contributed by atoms with van der Waals surface area (Å²) in [5.74, 6) is -1.12. The number of esters is 1. The van der Waals surface area contributed by atoms with E-state index in [1.807, 2.05) is 0 Å². The smallest absolute Gasteiger partial charge is 0.337 e. The Hall–Kier alpha value is -3.22. The maximum absolute atomic E-state index is 12.2. The Bertz CT molecular complexity index is 762. The predicted molar refractivity (Wildman–Crippen MR) is 91.9 cm³/mol. The first-order valence-corrected chi connectivity index (χ1v) is 7.63. The van der Waals surface area contributed by atoms with Crippen LogP contribution in [-0.4, -0.2) is 36.4 Å². The number of carbonyl (C=O) groups excluding carboxylic acids is 3. The summed E-state index contributed by atoms with van der Waals surface area (Å²) in [6.07, 6.45) is 3.28. The third-order valence-corrected chi connectivity index (χ3v) is 3.50. The molecular formula is C18H19N3O4. The van der Waals surface area contributed by atoms with Gasteiger partial charge in [-0.15, -0.1) is 0 Å². The van der Waals surface area contributed by atoms with Crippen LogP contribution in [0.5, 0.6) is 0 Å². The highest BCUT2D eigenvalue weighted by Crippen LogP contribution is 2.17. The first kappa shape index (κ1) is 18.1. The van der Waals surface area contributed by atoms with Crippen LogP contribution < -0.4 is 10.2 Å². The molecule has 1 aromatic carbocycles. The van der Waals surface area contributed by atoms with Crippen LogP contribution in [0.3, 0.4) is 0 Å². The second kappa shape index (κ2) is 8.58. The predicted octanol–water partition coefficient (Wildman–Crippen LogP) is 1.54. The second-order valence-electron chi connectivity index (χ2n) is 5.28. The van der Waals surface area contributed by atoms with Gasteiger partial charge in [0.15, 0.2) is 0 Å². The van der Waals surface area contributed by atoms with E-state index in [-0.39, 0.29) is 18.4 Å². The summed E-state index contributed by atoms with van der Waals surface area (Å²) in [6.45, 7) is 1.56. The van der Waals surface area contributed by atoms with Crippen molar-refractivity contribution in [2.45, 2.75) is 13.5 Å². The van der Waals surface area contributed by atoms with Gasteiger partial charge in [0, 0.05) is 31.5 Å². The van der Waals surface area contributed by atoms with E-state index in [1.165, 1.54) is 25.0 Å². The minimum absolute atomic E-state index is 0.148. The molecule has 0 fully saturated rings. The van der Waals surface area contributed by atoms with Crippen LogP contribution in [-0.2, 0) is 20.9 Å². The van der Waals surface area contributed by atoms with Crippen molar-refractivity contribution < 1.29 is 19.1 Å². The quantitative estimate of drug-likeness (QED) is 0.805. The van der Waals surface area contributed by atoms with E-state index >= 15 is 0 Å². The number of benzene rings is 1. The summed E-state index contributed by atoms with van der Waals surface area (Å²) in [7, 11) is 1.28. The van der Waals surface area contributed by atoms with Crippen molar-refractivity contribution in [3.05, 3.63) is 59.9 Å². The molecule has 0 bridgehead atoms. The van der Waals surface area contributed by atoms with Crippen LogP contribution in [0.25, 0.3) is 0 Å². The molecule has 2 rings (SSSR count). The molecule has 130 valence electrons. The van der Waals surface area contributed by atoms with Crippen molar-refractivity contribution in [2.24, 2.45) is 0 Å². The zero-order valence-corrected chi connectivity index (χ0v) is 14.1. The minimum atomic E-state index is -0.507. The molecule has 0 saturated carbocycles. The highest BCUT2D eigenvalue weighted by molar-refractivity contribution is 5.99. The SMILES string of the molecule is COC(=O)c1cccc(N(CC(=O)NCc2ccncc2)C(C)=O)c1. The number of pyridine rings is 1. The van der Waals surface area contributed by atoms with E-state index in [4.69, 9.17) is 0 Å². The number of carbonyl (C=O) groups is 3. The fourth-order valence-corrected chi connectivity index (χ4v) is 2.20. The zero-order valence-electron chi connectivity index (χ0n) is 14.1. The topological polar surface area (TPSA) is 88.6 Å². The molecular weight excluding hydrogens is 322 g/mol. The zero-order chi connectivity index (χ0) is 18.2. The summed E-state index contributed by atoms with van der Waals surface area (Å²) >= 11 is 0. The van der Waals surface area contributed by atoms with Crippen molar-refractivity contribution >= 4 is 23.5 Å². The van der Waals surface area contributed by atoms with E-state index in [1.54, 1.807) is 42.7 Å². The van der Waals surface area contributed by atoms with Crippen LogP contribution in [0.4, 0.5) is 5.69 Å². The van der Waals surface area contributed by atoms with Crippen molar-refractivity contribution in [1.29, 1.82) is 0 Å². The first-order chi connectivity index (χ1) is 12.0. The number of amides is 2. The van der Waals surface area contributed by atoms with Crippen molar-refractivity contribution in [2.75, 3.05) is 18.6 Å². The lowest BCUT2D eigenvalue weighted by atomic mass is 10.2. The summed E-state index contributed by atoms with van der Waals surface area (Å²) in [4.78, 5) is 40.9. The molecule has 7 nitrogen and oxygen atoms in total. The van der Waals surface area contributed by atoms with Gasteiger partial charge in [-0.2, -0.15) is 0 Å². The maximum Gasteiger partial charge on any atom is 0.337 e. The number of nitrogens with zero attached hydrogens (tertiary/aromatic N) is 2.